The Kier molecular flexibility index (Phi) is 3.74. The number of hydrogen-bond donors (Lipinski definition) is 1. The quantitative estimate of drug-likeness (QED) is 0.860. The molecule has 0 bridgehead atoms. The van der Waals surface area contributed by atoms with E-state index in [0.717, 1.165) is 24.9 Å². The van der Waals surface area contributed by atoms with Gasteiger partial charge < -0.3 is 10.6 Å². The molecular weight excluding hydrogens is 214 g/mol. The highest BCUT2D eigenvalue weighted by Gasteiger charge is 2.31. The van der Waals surface area contributed by atoms with Crippen LogP contribution in [-0.4, -0.2) is 28.4 Å². The van der Waals surface area contributed by atoms with Crippen LogP contribution in [0.15, 0.2) is 24.5 Å². The van der Waals surface area contributed by atoms with Crippen LogP contribution in [0.4, 0.5) is 0 Å². The molecule has 1 fully saturated rings. The van der Waals surface area contributed by atoms with E-state index in [2.05, 4.69) is 4.98 Å². The fourth-order valence-electron chi connectivity index (χ4n) is 2.35. The van der Waals surface area contributed by atoms with E-state index in [-0.39, 0.29) is 18.0 Å². The Bertz CT molecular complexity index is 380. The summed E-state index contributed by atoms with van der Waals surface area (Å²) in [5, 5.41) is 0. The van der Waals surface area contributed by atoms with Gasteiger partial charge in [0.1, 0.15) is 0 Å². The first kappa shape index (κ1) is 12.0. The standard InChI is InChI=1S/C13H19N3O/c1-2-11(14)13(17)16-9-3-4-12(16)10-5-7-15-8-6-10/h5-8,11-12H,2-4,9,14H2,1H3/t11-,12?/m1/s1. The van der Waals surface area contributed by atoms with E-state index < -0.39 is 0 Å². The fraction of sp³-hybridized carbons (Fsp3) is 0.538. The Labute approximate surface area is 102 Å². The molecule has 0 radical (unpaired) electrons. The molecule has 1 aliphatic rings. The third-order valence-corrected chi connectivity index (χ3v) is 3.38. The molecule has 0 aromatic carbocycles. The summed E-state index contributed by atoms with van der Waals surface area (Å²) in [6.45, 7) is 2.76. The maximum atomic E-state index is 12.1. The van der Waals surface area contributed by atoms with E-state index in [4.69, 9.17) is 5.73 Å². The topological polar surface area (TPSA) is 59.2 Å². The lowest BCUT2D eigenvalue weighted by Crippen LogP contribution is -2.43. The molecule has 1 unspecified atom stereocenters. The van der Waals surface area contributed by atoms with Crippen molar-refractivity contribution in [1.29, 1.82) is 0 Å². The molecule has 0 aliphatic carbocycles. The van der Waals surface area contributed by atoms with Crippen LogP contribution in [0.1, 0.15) is 37.8 Å². The van der Waals surface area contributed by atoms with Crippen LogP contribution in [0.2, 0.25) is 0 Å². The lowest BCUT2D eigenvalue weighted by Gasteiger charge is -2.27. The van der Waals surface area contributed by atoms with Gasteiger partial charge in [0.05, 0.1) is 12.1 Å². The summed E-state index contributed by atoms with van der Waals surface area (Å²) in [5.74, 6) is 0.0758. The first-order valence-corrected chi connectivity index (χ1v) is 6.20. The first-order chi connectivity index (χ1) is 8.24. The number of nitrogens with zero attached hydrogens (tertiary/aromatic N) is 2. The molecule has 1 amide bonds. The van der Waals surface area contributed by atoms with Crippen molar-refractivity contribution in [2.45, 2.75) is 38.3 Å². The summed E-state index contributed by atoms with van der Waals surface area (Å²) in [5.41, 5.74) is 6.99. The van der Waals surface area contributed by atoms with Gasteiger partial charge in [-0.05, 0) is 37.0 Å². The molecule has 4 nitrogen and oxygen atoms in total. The molecule has 0 saturated carbocycles. The van der Waals surface area contributed by atoms with E-state index >= 15 is 0 Å². The van der Waals surface area contributed by atoms with Crippen molar-refractivity contribution in [1.82, 2.24) is 9.88 Å². The summed E-state index contributed by atoms with van der Waals surface area (Å²) >= 11 is 0. The minimum Gasteiger partial charge on any atom is -0.334 e. The SMILES string of the molecule is CC[C@@H](N)C(=O)N1CCCC1c1ccncc1. The molecule has 2 heterocycles. The highest BCUT2D eigenvalue weighted by Crippen LogP contribution is 2.31. The average Bonchev–Trinajstić information content (AvgIpc) is 2.87. The summed E-state index contributed by atoms with van der Waals surface area (Å²) in [4.78, 5) is 18.1. The number of hydrogen-bond acceptors (Lipinski definition) is 3. The van der Waals surface area contributed by atoms with Crippen molar-refractivity contribution >= 4 is 5.91 Å². The summed E-state index contributed by atoms with van der Waals surface area (Å²) < 4.78 is 0. The van der Waals surface area contributed by atoms with E-state index in [0.29, 0.717) is 6.42 Å². The number of amides is 1. The number of aromatic nitrogens is 1. The number of rotatable bonds is 3. The normalized spacial score (nSPS) is 21.5. The van der Waals surface area contributed by atoms with E-state index in [1.807, 2.05) is 24.0 Å². The predicted octanol–water partition coefficient (Wildman–Crippen LogP) is 1.48. The van der Waals surface area contributed by atoms with E-state index in [9.17, 15) is 4.79 Å². The van der Waals surface area contributed by atoms with Crippen molar-refractivity contribution < 1.29 is 4.79 Å². The zero-order valence-electron chi connectivity index (χ0n) is 10.2. The van der Waals surface area contributed by atoms with Crippen molar-refractivity contribution in [2.75, 3.05) is 6.54 Å². The van der Waals surface area contributed by atoms with Gasteiger partial charge in [0.15, 0.2) is 0 Å². The minimum atomic E-state index is -0.363. The fourth-order valence-corrected chi connectivity index (χ4v) is 2.35. The third kappa shape index (κ3) is 2.47. The van der Waals surface area contributed by atoms with Crippen LogP contribution in [-0.2, 0) is 4.79 Å². The number of carbonyl (C=O) groups is 1. The van der Waals surface area contributed by atoms with Crippen LogP contribution in [0.3, 0.4) is 0 Å². The van der Waals surface area contributed by atoms with Crippen LogP contribution in [0.25, 0.3) is 0 Å². The highest BCUT2D eigenvalue weighted by molar-refractivity contribution is 5.82. The largest absolute Gasteiger partial charge is 0.334 e. The van der Waals surface area contributed by atoms with E-state index in [1.165, 1.54) is 0 Å². The monoisotopic (exact) mass is 233 g/mol. The second-order valence-electron chi connectivity index (χ2n) is 4.48. The second kappa shape index (κ2) is 5.27. The number of carbonyl (C=O) groups excluding carboxylic acids is 1. The number of likely N-dealkylation sites (tertiary alicyclic amines) is 1. The van der Waals surface area contributed by atoms with Crippen molar-refractivity contribution in [2.24, 2.45) is 5.73 Å². The molecule has 17 heavy (non-hydrogen) atoms. The van der Waals surface area contributed by atoms with Gasteiger partial charge in [-0.25, -0.2) is 0 Å². The van der Waals surface area contributed by atoms with Crippen LogP contribution < -0.4 is 5.73 Å². The summed E-state index contributed by atoms with van der Waals surface area (Å²) in [6.07, 6.45) is 6.31. The Balaban J connectivity index is 2.15. The molecule has 92 valence electrons. The molecule has 1 aromatic heterocycles. The summed E-state index contributed by atoms with van der Waals surface area (Å²) in [7, 11) is 0. The van der Waals surface area contributed by atoms with Crippen molar-refractivity contribution in [3.05, 3.63) is 30.1 Å². The van der Waals surface area contributed by atoms with Gasteiger partial charge in [-0.3, -0.25) is 9.78 Å². The molecule has 1 saturated heterocycles. The molecule has 1 aromatic rings. The van der Waals surface area contributed by atoms with Crippen LogP contribution >= 0.6 is 0 Å². The molecule has 2 atom stereocenters. The van der Waals surface area contributed by atoms with E-state index in [1.54, 1.807) is 12.4 Å². The van der Waals surface area contributed by atoms with Gasteiger partial charge in [0.2, 0.25) is 5.91 Å². The van der Waals surface area contributed by atoms with Gasteiger partial charge in [0, 0.05) is 18.9 Å². The average molecular weight is 233 g/mol. The van der Waals surface area contributed by atoms with Crippen LogP contribution in [0.5, 0.6) is 0 Å². The van der Waals surface area contributed by atoms with Crippen LogP contribution in [0, 0.1) is 0 Å². The molecular formula is C13H19N3O. The zero-order valence-corrected chi connectivity index (χ0v) is 10.2. The highest BCUT2D eigenvalue weighted by atomic mass is 16.2. The molecule has 1 aliphatic heterocycles. The second-order valence-corrected chi connectivity index (χ2v) is 4.48. The Morgan fingerprint density at radius 1 is 1.59 bits per heavy atom. The van der Waals surface area contributed by atoms with Gasteiger partial charge in [-0.15, -0.1) is 0 Å². The molecule has 2 rings (SSSR count). The maximum absolute atomic E-state index is 12.1. The third-order valence-electron chi connectivity index (χ3n) is 3.38. The van der Waals surface area contributed by atoms with Gasteiger partial charge >= 0.3 is 0 Å². The predicted molar refractivity (Wildman–Crippen MR) is 66.2 cm³/mol. The number of pyridine rings is 1. The van der Waals surface area contributed by atoms with Crippen molar-refractivity contribution in [3.8, 4) is 0 Å². The van der Waals surface area contributed by atoms with Gasteiger partial charge in [-0.2, -0.15) is 0 Å². The van der Waals surface area contributed by atoms with Gasteiger partial charge in [0.25, 0.3) is 0 Å². The Morgan fingerprint density at radius 3 is 2.94 bits per heavy atom. The lowest BCUT2D eigenvalue weighted by atomic mass is 10.1. The van der Waals surface area contributed by atoms with Gasteiger partial charge in [-0.1, -0.05) is 6.92 Å². The summed E-state index contributed by atoms with van der Waals surface area (Å²) in [6, 6.07) is 3.78. The Morgan fingerprint density at radius 2 is 2.29 bits per heavy atom. The molecule has 0 spiro atoms. The molecule has 2 N–H and O–H groups in total. The lowest BCUT2D eigenvalue weighted by molar-refractivity contribution is -0.133. The van der Waals surface area contributed by atoms with Crippen molar-refractivity contribution in [3.63, 3.8) is 0 Å². The maximum Gasteiger partial charge on any atom is 0.239 e. The Hall–Kier alpha value is -1.42. The first-order valence-electron chi connectivity index (χ1n) is 6.20. The molecule has 4 heteroatoms. The number of nitrogens with two attached hydrogens (primary N) is 1. The zero-order chi connectivity index (χ0) is 12.3. The minimum absolute atomic E-state index is 0.0758. The smallest absolute Gasteiger partial charge is 0.239 e.